The third kappa shape index (κ3) is 5.09. The first-order chi connectivity index (χ1) is 12.6. The number of hydrogen-bond acceptors (Lipinski definition) is 6. The molecule has 1 amide bonds. The van der Waals surface area contributed by atoms with Crippen LogP contribution in [0.5, 0.6) is 11.5 Å². The van der Waals surface area contributed by atoms with Gasteiger partial charge in [0.15, 0.2) is 11.5 Å². The lowest BCUT2D eigenvalue weighted by atomic mass is 10.2. The average Bonchev–Trinajstić information content (AvgIpc) is 3.09. The van der Waals surface area contributed by atoms with Crippen LogP contribution in [-0.4, -0.2) is 64.2 Å². The van der Waals surface area contributed by atoms with Crippen LogP contribution < -0.4 is 19.7 Å². The van der Waals surface area contributed by atoms with E-state index < -0.39 is 0 Å². The number of hydrogen-bond donors (Lipinski definition) is 2. The average molecular weight is 364 g/mol. The number of amides is 1. The Balaban J connectivity index is 1.59. The zero-order chi connectivity index (χ0) is 18.4. The summed E-state index contributed by atoms with van der Waals surface area (Å²) >= 11 is 0. The number of carbonyl (C=O) groups is 1. The molecule has 0 aromatic heterocycles. The molecule has 2 heterocycles. The van der Waals surface area contributed by atoms with Crippen molar-refractivity contribution in [2.24, 2.45) is 4.99 Å². The van der Waals surface area contributed by atoms with Gasteiger partial charge in [0.05, 0.1) is 32.4 Å². The standard InChI is InChI=1S/C18H25N3O5/c1-13(2)26-18(19-5-6-21-7-9-23-10-8-21)20-17(22)14-3-4-15-16(11-14)25-12-24-15/h3-4,11,13H,5-10,12H2,1-2H3,(H,19,20,22)/p+1. The van der Waals surface area contributed by atoms with Gasteiger partial charge >= 0.3 is 0 Å². The summed E-state index contributed by atoms with van der Waals surface area (Å²) in [7, 11) is 0. The largest absolute Gasteiger partial charge is 0.462 e. The molecule has 0 saturated carbocycles. The molecular formula is C18H26N3O5+. The summed E-state index contributed by atoms with van der Waals surface area (Å²) in [4.78, 5) is 18.4. The summed E-state index contributed by atoms with van der Waals surface area (Å²) in [5.74, 6) is 0.917. The minimum Gasteiger partial charge on any atom is -0.462 e. The van der Waals surface area contributed by atoms with Crippen LogP contribution in [0, 0.1) is 0 Å². The van der Waals surface area contributed by atoms with Crippen LogP contribution in [0.3, 0.4) is 0 Å². The van der Waals surface area contributed by atoms with E-state index in [-0.39, 0.29) is 24.8 Å². The molecule has 0 atom stereocenters. The zero-order valence-electron chi connectivity index (χ0n) is 15.2. The lowest BCUT2D eigenvalue weighted by Gasteiger charge is -2.23. The first-order valence-electron chi connectivity index (χ1n) is 8.95. The molecule has 1 fully saturated rings. The van der Waals surface area contributed by atoms with Crippen LogP contribution >= 0.6 is 0 Å². The molecule has 26 heavy (non-hydrogen) atoms. The number of rotatable bonds is 5. The van der Waals surface area contributed by atoms with E-state index in [0.717, 1.165) is 32.8 Å². The minimum absolute atomic E-state index is 0.0819. The number of fused-ring (bicyclic) bond motifs is 1. The molecule has 2 N–H and O–H groups in total. The van der Waals surface area contributed by atoms with Crippen molar-refractivity contribution in [3.8, 4) is 11.5 Å². The Morgan fingerprint density at radius 1 is 1.27 bits per heavy atom. The normalized spacial score (nSPS) is 17.4. The highest BCUT2D eigenvalue weighted by Gasteiger charge is 2.18. The first kappa shape index (κ1) is 18.5. The second-order valence-corrected chi connectivity index (χ2v) is 6.49. The highest BCUT2D eigenvalue weighted by molar-refractivity contribution is 6.04. The third-order valence-corrected chi connectivity index (χ3v) is 4.12. The Kier molecular flexibility index (Phi) is 6.30. The van der Waals surface area contributed by atoms with Gasteiger partial charge in [0.1, 0.15) is 13.1 Å². The van der Waals surface area contributed by atoms with Crippen molar-refractivity contribution in [1.82, 2.24) is 5.32 Å². The highest BCUT2D eigenvalue weighted by Crippen LogP contribution is 2.32. The molecule has 0 spiro atoms. The minimum atomic E-state index is -0.290. The second-order valence-electron chi connectivity index (χ2n) is 6.49. The third-order valence-electron chi connectivity index (χ3n) is 4.12. The van der Waals surface area contributed by atoms with Gasteiger partial charge in [-0.25, -0.2) is 4.99 Å². The van der Waals surface area contributed by atoms with Gasteiger partial charge in [0.2, 0.25) is 6.79 Å². The smallest absolute Gasteiger partial charge is 0.292 e. The van der Waals surface area contributed by atoms with E-state index in [1.165, 1.54) is 4.90 Å². The fraction of sp³-hybridized carbons (Fsp3) is 0.556. The van der Waals surface area contributed by atoms with Crippen LogP contribution in [0.2, 0.25) is 0 Å². The molecule has 2 aliphatic heterocycles. The molecule has 142 valence electrons. The maximum atomic E-state index is 12.5. The van der Waals surface area contributed by atoms with E-state index in [9.17, 15) is 4.79 Å². The van der Waals surface area contributed by atoms with Crippen LogP contribution in [0.25, 0.3) is 0 Å². The number of carbonyl (C=O) groups excluding carboxylic acids is 1. The van der Waals surface area contributed by atoms with Crippen molar-refractivity contribution in [2.45, 2.75) is 20.0 Å². The van der Waals surface area contributed by atoms with E-state index in [1.54, 1.807) is 18.2 Å². The fourth-order valence-electron chi connectivity index (χ4n) is 2.76. The Hall–Kier alpha value is -2.32. The lowest BCUT2D eigenvalue weighted by molar-refractivity contribution is -0.906. The highest BCUT2D eigenvalue weighted by atomic mass is 16.7. The Labute approximate surface area is 153 Å². The quantitative estimate of drug-likeness (QED) is 0.561. The first-order valence-corrected chi connectivity index (χ1v) is 8.95. The van der Waals surface area contributed by atoms with E-state index in [1.807, 2.05) is 13.8 Å². The second kappa shape index (κ2) is 8.86. The van der Waals surface area contributed by atoms with Crippen molar-refractivity contribution < 1.29 is 28.6 Å². The molecule has 8 heteroatoms. The van der Waals surface area contributed by atoms with Gasteiger partial charge in [-0.2, -0.15) is 0 Å². The molecule has 1 saturated heterocycles. The number of quaternary nitrogens is 1. The fourth-order valence-corrected chi connectivity index (χ4v) is 2.76. The van der Waals surface area contributed by atoms with Crippen LogP contribution in [0.1, 0.15) is 24.2 Å². The number of nitrogens with zero attached hydrogens (tertiary/aromatic N) is 1. The van der Waals surface area contributed by atoms with Crippen LogP contribution in [-0.2, 0) is 9.47 Å². The predicted octanol–water partition coefficient (Wildman–Crippen LogP) is -0.159. The number of benzene rings is 1. The van der Waals surface area contributed by atoms with E-state index >= 15 is 0 Å². The van der Waals surface area contributed by atoms with E-state index in [4.69, 9.17) is 18.9 Å². The summed E-state index contributed by atoms with van der Waals surface area (Å²) in [5.41, 5.74) is 0.466. The molecule has 1 aromatic rings. The van der Waals surface area contributed by atoms with Gasteiger partial charge in [-0.3, -0.25) is 10.1 Å². The van der Waals surface area contributed by atoms with E-state index in [0.29, 0.717) is 23.6 Å². The molecule has 3 rings (SSSR count). The maximum Gasteiger partial charge on any atom is 0.292 e. The summed E-state index contributed by atoms with van der Waals surface area (Å²) < 4.78 is 21.6. The van der Waals surface area contributed by atoms with Crippen molar-refractivity contribution in [3.63, 3.8) is 0 Å². The summed E-state index contributed by atoms with van der Waals surface area (Å²) in [6, 6.07) is 5.31. The van der Waals surface area contributed by atoms with Crippen molar-refractivity contribution in [3.05, 3.63) is 23.8 Å². The Bertz CT molecular complexity index is 656. The maximum absolute atomic E-state index is 12.5. The van der Waals surface area contributed by atoms with Crippen LogP contribution in [0.15, 0.2) is 23.2 Å². The van der Waals surface area contributed by atoms with Crippen molar-refractivity contribution in [2.75, 3.05) is 46.2 Å². The number of amidine groups is 1. The molecule has 0 radical (unpaired) electrons. The molecule has 0 bridgehead atoms. The van der Waals surface area contributed by atoms with E-state index in [2.05, 4.69) is 10.3 Å². The van der Waals surface area contributed by atoms with Gasteiger partial charge in [-0.15, -0.1) is 0 Å². The molecular weight excluding hydrogens is 338 g/mol. The van der Waals surface area contributed by atoms with Gasteiger partial charge < -0.3 is 23.8 Å². The zero-order valence-corrected chi connectivity index (χ0v) is 15.2. The Morgan fingerprint density at radius 2 is 2.04 bits per heavy atom. The molecule has 1 aromatic carbocycles. The number of aliphatic imine (C=N–C) groups is 1. The predicted molar refractivity (Wildman–Crippen MR) is 94.9 cm³/mol. The topological polar surface area (TPSA) is 82.8 Å². The molecule has 0 unspecified atom stereocenters. The number of nitrogens with one attached hydrogen (secondary N) is 2. The Morgan fingerprint density at radius 3 is 2.81 bits per heavy atom. The monoisotopic (exact) mass is 364 g/mol. The van der Waals surface area contributed by atoms with Crippen molar-refractivity contribution >= 4 is 11.9 Å². The molecule has 0 aliphatic carbocycles. The van der Waals surface area contributed by atoms with Gasteiger partial charge in [-0.1, -0.05) is 0 Å². The summed E-state index contributed by atoms with van der Waals surface area (Å²) in [5, 5.41) is 2.75. The van der Waals surface area contributed by atoms with Gasteiger partial charge in [0.25, 0.3) is 11.9 Å². The molecule has 8 nitrogen and oxygen atoms in total. The summed E-state index contributed by atoms with van der Waals surface area (Å²) in [6.45, 7) is 8.98. The van der Waals surface area contributed by atoms with Gasteiger partial charge in [0, 0.05) is 5.56 Å². The number of ether oxygens (including phenoxy) is 4. The molecule has 2 aliphatic rings. The SMILES string of the molecule is CC(C)OC(=NCC[NH+]1CCOCC1)NC(=O)c1ccc2c(c1)OCO2. The summed E-state index contributed by atoms with van der Waals surface area (Å²) in [6.07, 6.45) is -0.0819. The van der Waals surface area contributed by atoms with Crippen LogP contribution in [0.4, 0.5) is 0 Å². The van der Waals surface area contributed by atoms with Crippen molar-refractivity contribution in [1.29, 1.82) is 0 Å². The number of morpholine rings is 1. The van der Waals surface area contributed by atoms with Gasteiger partial charge in [-0.05, 0) is 32.0 Å². The lowest BCUT2D eigenvalue weighted by Crippen LogP contribution is -3.14.